The molecule has 0 spiro atoms. The van der Waals surface area contributed by atoms with Crippen LogP contribution in [0.15, 0.2) is 23.1 Å². The Morgan fingerprint density at radius 2 is 1.75 bits per heavy atom. The molecule has 0 aliphatic carbocycles. The van der Waals surface area contributed by atoms with Crippen molar-refractivity contribution in [3.63, 3.8) is 0 Å². The standard InChI is InChI=1S/C18H27N3O5S2/c1-4-27(23,24)20-10-7-14(8-11-20)18(22)21-12-9-15-13-16(5-6-17(15)21)28(25,26)19(2)3/h5-6,13-14H,4,7-12H2,1-3H3. The number of anilines is 1. The summed E-state index contributed by atoms with van der Waals surface area (Å²) in [6.45, 7) is 2.88. The van der Waals surface area contributed by atoms with Crippen molar-refractivity contribution in [1.82, 2.24) is 8.61 Å². The zero-order valence-corrected chi connectivity index (χ0v) is 18.1. The summed E-state index contributed by atoms with van der Waals surface area (Å²) in [6.07, 6.45) is 1.63. The molecule has 2 aliphatic heterocycles. The Kier molecular flexibility index (Phi) is 5.86. The van der Waals surface area contributed by atoms with E-state index in [1.807, 2.05) is 0 Å². The van der Waals surface area contributed by atoms with Gasteiger partial charge in [-0.2, -0.15) is 0 Å². The summed E-state index contributed by atoms with van der Waals surface area (Å²) in [5.41, 5.74) is 1.61. The summed E-state index contributed by atoms with van der Waals surface area (Å²) < 4.78 is 51.3. The predicted octanol–water partition coefficient (Wildman–Crippen LogP) is 0.888. The van der Waals surface area contributed by atoms with Gasteiger partial charge in [-0.1, -0.05) is 0 Å². The van der Waals surface area contributed by atoms with E-state index < -0.39 is 20.0 Å². The van der Waals surface area contributed by atoms with E-state index in [1.165, 1.54) is 28.8 Å². The zero-order chi connectivity index (χ0) is 20.7. The summed E-state index contributed by atoms with van der Waals surface area (Å²) in [4.78, 5) is 15.0. The molecule has 1 aromatic carbocycles. The first-order chi connectivity index (χ1) is 13.1. The van der Waals surface area contributed by atoms with Gasteiger partial charge in [0.1, 0.15) is 0 Å². The van der Waals surface area contributed by atoms with Gasteiger partial charge in [-0.05, 0) is 49.9 Å². The highest BCUT2D eigenvalue weighted by Gasteiger charge is 2.35. The van der Waals surface area contributed by atoms with Gasteiger partial charge in [0.05, 0.1) is 10.6 Å². The number of sulfonamides is 2. The second kappa shape index (κ2) is 7.74. The van der Waals surface area contributed by atoms with Gasteiger partial charge in [0.25, 0.3) is 0 Å². The Morgan fingerprint density at radius 3 is 2.32 bits per heavy atom. The predicted molar refractivity (Wildman–Crippen MR) is 107 cm³/mol. The smallest absolute Gasteiger partial charge is 0.242 e. The molecule has 2 aliphatic rings. The molecular formula is C18H27N3O5S2. The number of fused-ring (bicyclic) bond motifs is 1. The quantitative estimate of drug-likeness (QED) is 0.693. The highest BCUT2D eigenvalue weighted by molar-refractivity contribution is 7.89. The van der Waals surface area contributed by atoms with Gasteiger partial charge in [0.15, 0.2) is 0 Å². The molecule has 3 rings (SSSR count). The van der Waals surface area contributed by atoms with E-state index in [-0.39, 0.29) is 22.5 Å². The molecule has 0 bridgehead atoms. The number of amides is 1. The largest absolute Gasteiger partial charge is 0.312 e. The first-order valence-corrected chi connectivity index (χ1v) is 12.5. The van der Waals surface area contributed by atoms with Crippen LogP contribution < -0.4 is 4.90 Å². The number of rotatable bonds is 5. The molecule has 1 fully saturated rings. The van der Waals surface area contributed by atoms with Crippen LogP contribution in [-0.2, 0) is 31.3 Å². The molecule has 2 heterocycles. The maximum atomic E-state index is 13.0. The van der Waals surface area contributed by atoms with Crippen molar-refractivity contribution in [2.24, 2.45) is 5.92 Å². The first-order valence-electron chi connectivity index (χ1n) is 9.42. The second-order valence-corrected chi connectivity index (χ2v) is 11.8. The molecule has 1 saturated heterocycles. The van der Waals surface area contributed by atoms with Crippen molar-refractivity contribution in [2.45, 2.75) is 31.1 Å². The van der Waals surface area contributed by atoms with Crippen LogP contribution in [-0.4, -0.2) is 70.8 Å². The fourth-order valence-electron chi connectivity index (χ4n) is 3.76. The molecule has 10 heteroatoms. The monoisotopic (exact) mass is 429 g/mol. The van der Waals surface area contributed by atoms with E-state index in [2.05, 4.69) is 0 Å². The highest BCUT2D eigenvalue weighted by atomic mass is 32.2. The maximum absolute atomic E-state index is 13.0. The molecule has 0 N–H and O–H groups in total. The van der Waals surface area contributed by atoms with Gasteiger partial charge in [0.2, 0.25) is 26.0 Å². The summed E-state index contributed by atoms with van der Waals surface area (Å²) in [5, 5.41) is 0. The van der Waals surface area contributed by atoms with E-state index >= 15 is 0 Å². The van der Waals surface area contributed by atoms with Gasteiger partial charge in [-0.25, -0.2) is 25.4 Å². The molecule has 1 amide bonds. The minimum atomic E-state index is -3.51. The fourth-order valence-corrected chi connectivity index (χ4v) is 5.85. The molecule has 0 saturated carbocycles. The second-order valence-electron chi connectivity index (χ2n) is 7.39. The number of piperidine rings is 1. The molecule has 1 aromatic rings. The average Bonchev–Trinajstić information content (AvgIpc) is 3.10. The normalized spacial score (nSPS) is 19.2. The van der Waals surface area contributed by atoms with Crippen LogP contribution in [0.2, 0.25) is 0 Å². The number of benzene rings is 1. The van der Waals surface area contributed by atoms with Crippen LogP contribution in [0.3, 0.4) is 0 Å². The Labute approximate surface area is 167 Å². The van der Waals surface area contributed by atoms with Crippen molar-refractivity contribution in [2.75, 3.05) is 44.4 Å². The topological polar surface area (TPSA) is 95.1 Å². The van der Waals surface area contributed by atoms with Crippen molar-refractivity contribution < 1.29 is 21.6 Å². The molecule has 28 heavy (non-hydrogen) atoms. The molecule has 0 radical (unpaired) electrons. The minimum absolute atomic E-state index is 0.00415. The summed E-state index contributed by atoms with van der Waals surface area (Å²) in [7, 11) is -3.75. The third-order valence-corrected chi connectivity index (χ3v) is 9.25. The number of nitrogens with zero attached hydrogens (tertiary/aromatic N) is 3. The molecular weight excluding hydrogens is 402 g/mol. The molecule has 156 valence electrons. The Hall–Kier alpha value is -1.49. The van der Waals surface area contributed by atoms with E-state index in [0.29, 0.717) is 38.9 Å². The van der Waals surface area contributed by atoms with Crippen LogP contribution in [0.4, 0.5) is 5.69 Å². The molecule has 0 atom stereocenters. The van der Waals surface area contributed by atoms with E-state index in [0.717, 1.165) is 11.3 Å². The van der Waals surface area contributed by atoms with Crippen LogP contribution >= 0.6 is 0 Å². The third kappa shape index (κ3) is 3.83. The lowest BCUT2D eigenvalue weighted by Crippen LogP contribution is -2.44. The zero-order valence-electron chi connectivity index (χ0n) is 16.5. The maximum Gasteiger partial charge on any atom is 0.242 e. The van der Waals surface area contributed by atoms with Crippen LogP contribution in [0.5, 0.6) is 0 Å². The van der Waals surface area contributed by atoms with Gasteiger partial charge in [0, 0.05) is 45.3 Å². The van der Waals surface area contributed by atoms with Crippen molar-refractivity contribution in [3.8, 4) is 0 Å². The molecule has 0 unspecified atom stereocenters. The number of carbonyl (C=O) groups is 1. The Morgan fingerprint density at radius 1 is 1.11 bits per heavy atom. The van der Waals surface area contributed by atoms with Crippen LogP contribution in [0.1, 0.15) is 25.3 Å². The van der Waals surface area contributed by atoms with Gasteiger partial charge >= 0.3 is 0 Å². The van der Waals surface area contributed by atoms with Crippen molar-refractivity contribution >= 4 is 31.6 Å². The molecule has 0 aromatic heterocycles. The van der Waals surface area contributed by atoms with Gasteiger partial charge in [-0.3, -0.25) is 4.79 Å². The number of hydrogen-bond acceptors (Lipinski definition) is 5. The van der Waals surface area contributed by atoms with Crippen molar-refractivity contribution in [3.05, 3.63) is 23.8 Å². The van der Waals surface area contributed by atoms with Gasteiger partial charge in [-0.15, -0.1) is 0 Å². The lowest BCUT2D eigenvalue weighted by atomic mass is 9.96. The lowest BCUT2D eigenvalue weighted by molar-refractivity contribution is -0.123. The van der Waals surface area contributed by atoms with E-state index in [1.54, 1.807) is 24.0 Å². The van der Waals surface area contributed by atoms with E-state index in [4.69, 9.17) is 0 Å². The summed E-state index contributed by atoms with van der Waals surface area (Å²) in [6, 6.07) is 4.89. The average molecular weight is 430 g/mol. The highest BCUT2D eigenvalue weighted by Crippen LogP contribution is 2.33. The summed E-state index contributed by atoms with van der Waals surface area (Å²) in [5.74, 6) is -0.140. The van der Waals surface area contributed by atoms with E-state index in [9.17, 15) is 21.6 Å². The van der Waals surface area contributed by atoms with Crippen LogP contribution in [0.25, 0.3) is 0 Å². The number of hydrogen-bond donors (Lipinski definition) is 0. The Balaban J connectivity index is 1.74. The van der Waals surface area contributed by atoms with Gasteiger partial charge < -0.3 is 4.90 Å². The first kappa shape index (κ1) is 21.2. The minimum Gasteiger partial charge on any atom is -0.312 e. The lowest BCUT2D eigenvalue weighted by Gasteiger charge is -2.32. The molecule has 8 nitrogen and oxygen atoms in total. The Bertz CT molecular complexity index is 965. The fraction of sp³-hybridized carbons (Fsp3) is 0.611. The third-order valence-electron chi connectivity index (χ3n) is 5.55. The summed E-state index contributed by atoms with van der Waals surface area (Å²) >= 11 is 0. The number of carbonyl (C=O) groups excluding carboxylic acids is 1. The van der Waals surface area contributed by atoms with Crippen LogP contribution in [0, 0.1) is 5.92 Å². The van der Waals surface area contributed by atoms with Crippen molar-refractivity contribution in [1.29, 1.82) is 0 Å². The SMILES string of the molecule is CCS(=O)(=O)N1CCC(C(=O)N2CCc3cc(S(=O)(=O)N(C)C)ccc32)CC1.